The number of rotatable bonds is 8. The summed E-state index contributed by atoms with van der Waals surface area (Å²) in [4.78, 5) is 0. The quantitative estimate of drug-likeness (QED) is 0.374. The molecule has 0 amide bonds. The Kier molecular flexibility index (Phi) is 6.90. The van der Waals surface area contributed by atoms with Crippen molar-refractivity contribution < 1.29 is 53.0 Å². The minimum absolute atomic E-state index is 0.135. The summed E-state index contributed by atoms with van der Waals surface area (Å²) < 4.78 is 151. The van der Waals surface area contributed by atoms with Gasteiger partial charge in [0.1, 0.15) is 0 Å². The van der Waals surface area contributed by atoms with Gasteiger partial charge in [-0.15, -0.1) is 0 Å². The van der Waals surface area contributed by atoms with Crippen LogP contribution in [0.1, 0.15) is 44.2 Å². The fourth-order valence-corrected chi connectivity index (χ4v) is 2.90. The first kappa shape index (κ1) is 26.4. The van der Waals surface area contributed by atoms with Gasteiger partial charge in [0, 0.05) is 7.11 Å². The van der Waals surface area contributed by atoms with Gasteiger partial charge in [0.25, 0.3) is 0 Å². The van der Waals surface area contributed by atoms with Crippen LogP contribution in [0, 0.1) is 0 Å². The normalized spacial score (nSPS) is 16.7. The predicted octanol–water partition coefficient (Wildman–Crippen LogP) is 7.17. The molecule has 1 nitrogen and oxygen atoms in total. The molecule has 30 heavy (non-hydrogen) atoms. The summed E-state index contributed by atoms with van der Waals surface area (Å²) in [6, 6.07) is 5.37. The molecule has 1 aromatic rings. The fourth-order valence-electron chi connectivity index (χ4n) is 2.90. The third-order valence-corrected chi connectivity index (χ3v) is 4.77. The van der Waals surface area contributed by atoms with E-state index in [4.69, 9.17) is 4.74 Å². The Morgan fingerprint density at radius 2 is 1.23 bits per heavy atom. The van der Waals surface area contributed by atoms with Crippen molar-refractivity contribution in [3.05, 3.63) is 35.4 Å². The maximum Gasteiger partial charge on any atom is 0.460 e. The van der Waals surface area contributed by atoms with Crippen LogP contribution in [0.3, 0.4) is 0 Å². The second-order valence-corrected chi connectivity index (χ2v) is 7.28. The average molecular weight is 460 g/mol. The summed E-state index contributed by atoms with van der Waals surface area (Å²) in [7, 11) is 0.786. The van der Waals surface area contributed by atoms with Crippen molar-refractivity contribution in [1.82, 2.24) is 0 Å². The first-order valence-corrected chi connectivity index (χ1v) is 8.42. The molecule has 0 bridgehead atoms. The van der Waals surface area contributed by atoms with Crippen molar-refractivity contribution >= 4 is 0 Å². The Morgan fingerprint density at radius 3 is 1.63 bits per heavy atom. The topological polar surface area (TPSA) is 9.23 Å². The van der Waals surface area contributed by atoms with Crippen LogP contribution in [-0.4, -0.2) is 37.0 Å². The Balaban J connectivity index is 3.53. The van der Waals surface area contributed by atoms with Crippen molar-refractivity contribution in [2.24, 2.45) is 0 Å². The summed E-state index contributed by atoms with van der Waals surface area (Å²) in [5, 5.41) is 0. The summed E-state index contributed by atoms with van der Waals surface area (Å²) in [6.45, 7) is 4.01. The highest BCUT2D eigenvalue weighted by Crippen LogP contribution is 2.59. The van der Waals surface area contributed by atoms with Gasteiger partial charge in [-0.2, -0.15) is 48.3 Å². The van der Waals surface area contributed by atoms with Gasteiger partial charge in [-0.3, -0.25) is 0 Å². The van der Waals surface area contributed by atoms with E-state index in [1.807, 2.05) is 0 Å². The molecule has 0 heterocycles. The Bertz CT molecular complexity index is 740. The van der Waals surface area contributed by atoms with E-state index < -0.39 is 41.9 Å². The van der Waals surface area contributed by atoms with Gasteiger partial charge in [0.2, 0.25) is 0 Å². The number of halogens is 11. The monoisotopic (exact) mass is 460 g/mol. The number of alkyl halides is 11. The molecular formula is C18H19F11O. The maximum absolute atomic E-state index is 14.3. The summed E-state index contributed by atoms with van der Waals surface area (Å²) in [6.07, 6.45) is -9.48. The maximum atomic E-state index is 14.3. The van der Waals surface area contributed by atoms with Crippen LogP contribution >= 0.6 is 0 Å². The minimum atomic E-state index is -7.44. The zero-order valence-electron chi connectivity index (χ0n) is 16.2. The van der Waals surface area contributed by atoms with Crippen LogP contribution in [-0.2, 0) is 10.3 Å². The van der Waals surface area contributed by atoms with Gasteiger partial charge in [-0.25, -0.2) is 0 Å². The largest absolute Gasteiger partial charge is 0.460 e. The molecular weight excluding hydrogens is 441 g/mol. The molecule has 1 unspecified atom stereocenters. The van der Waals surface area contributed by atoms with Gasteiger partial charge in [0.15, 0.2) is 0 Å². The second-order valence-electron chi connectivity index (χ2n) is 7.28. The number of hydrogen-bond acceptors (Lipinski definition) is 1. The van der Waals surface area contributed by atoms with Gasteiger partial charge in [-0.05, 0) is 24.0 Å². The van der Waals surface area contributed by atoms with E-state index in [2.05, 4.69) is 0 Å². The van der Waals surface area contributed by atoms with Gasteiger partial charge >= 0.3 is 29.9 Å². The van der Waals surface area contributed by atoms with Crippen LogP contribution in [0.25, 0.3) is 0 Å². The van der Waals surface area contributed by atoms with E-state index in [0.717, 1.165) is 14.0 Å². The molecule has 0 saturated heterocycles. The predicted molar refractivity (Wildman–Crippen MR) is 85.4 cm³/mol. The number of ether oxygens (including phenoxy) is 1. The first-order chi connectivity index (χ1) is 13.2. The Morgan fingerprint density at radius 1 is 0.767 bits per heavy atom. The lowest BCUT2D eigenvalue weighted by Gasteiger charge is -2.41. The van der Waals surface area contributed by atoms with E-state index in [0.29, 0.717) is 5.56 Å². The van der Waals surface area contributed by atoms with Gasteiger partial charge in [-0.1, -0.05) is 38.1 Å². The van der Waals surface area contributed by atoms with Crippen molar-refractivity contribution in [3.63, 3.8) is 0 Å². The van der Waals surface area contributed by atoms with Gasteiger partial charge in [0.05, 0.1) is 12.0 Å². The first-order valence-electron chi connectivity index (χ1n) is 8.42. The lowest BCUT2D eigenvalue weighted by Crippen LogP contribution is -2.67. The smallest absolute Gasteiger partial charge is 0.374 e. The van der Waals surface area contributed by atoms with Crippen LogP contribution in [0.4, 0.5) is 48.3 Å². The molecule has 0 N–H and O–H groups in total. The third-order valence-electron chi connectivity index (χ3n) is 4.77. The molecule has 0 spiro atoms. The number of benzene rings is 1. The molecule has 1 aromatic carbocycles. The van der Waals surface area contributed by atoms with E-state index >= 15 is 0 Å². The van der Waals surface area contributed by atoms with Crippen LogP contribution in [0.2, 0.25) is 0 Å². The van der Waals surface area contributed by atoms with Crippen molar-refractivity contribution in [3.8, 4) is 0 Å². The van der Waals surface area contributed by atoms with Crippen LogP contribution < -0.4 is 0 Å². The summed E-state index contributed by atoms with van der Waals surface area (Å²) >= 11 is 0. The Hall–Kier alpha value is -1.59. The molecule has 0 aliphatic carbocycles. The van der Waals surface area contributed by atoms with Crippen molar-refractivity contribution in [1.29, 1.82) is 0 Å². The van der Waals surface area contributed by atoms with E-state index in [-0.39, 0.29) is 11.5 Å². The lowest BCUT2D eigenvalue weighted by atomic mass is 9.81. The van der Waals surface area contributed by atoms with E-state index in [1.54, 1.807) is 13.8 Å². The molecule has 0 aliphatic rings. The SMILES string of the molecule is COC(C)(CC(F)(F)C(F)(F)C(F)(F)C(F)(F)C(F)(F)F)c1ccccc1C(C)C. The van der Waals surface area contributed by atoms with Crippen molar-refractivity contribution in [2.45, 2.75) is 68.6 Å². The summed E-state index contributed by atoms with van der Waals surface area (Å²) in [5.41, 5.74) is -2.26. The number of hydrogen-bond donors (Lipinski definition) is 0. The zero-order valence-corrected chi connectivity index (χ0v) is 16.2. The molecule has 0 radical (unpaired) electrons. The number of methoxy groups -OCH3 is 1. The van der Waals surface area contributed by atoms with Crippen LogP contribution in [0.5, 0.6) is 0 Å². The minimum Gasteiger partial charge on any atom is -0.374 e. The highest BCUT2D eigenvalue weighted by molar-refractivity contribution is 5.35. The molecule has 1 rings (SSSR count). The van der Waals surface area contributed by atoms with Crippen molar-refractivity contribution in [2.75, 3.05) is 7.11 Å². The van der Waals surface area contributed by atoms with E-state index in [9.17, 15) is 48.3 Å². The zero-order chi connectivity index (χ0) is 24.0. The highest BCUT2D eigenvalue weighted by Gasteiger charge is 2.87. The Labute approximate surface area is 165 Å². The molecule has 1 atom stereocenters. The fraction of sp³-hybridized carbons (Fsp3) is 0.667. The molecule has 12 heteroatoms. The molecule has 0 fully saturated rings. The lowest BCUT2D eigenvalue weighted by molar-refractivity contribution is -0.424. The average Bonchev–Trinajstić information content (AvgIpc) is 2.59. The third kappa shape index (κ3) is 4.11. The molecule has 0 aliphatic heterocycles. The second kappa shape index (κ2) is 7.83. The molecule has 0 saturated carbocycles. The van der Waals surface area contributed by atoms with Gasteiger partial charge < -0.3 is 4.74 Å². The highest BCUT2D eigenvalue weighted by atomic mass is 19.4. The molecule has 174 valence electrons. The molecule has 0 aromatic heterocycles. The van der Waals surface area contributed by atoms with Crippen LogP contribution in [0.15, 0.2) is 24.3 Å². The summed E-state index contributed by atoms with van der Waals surface area (Å²) in [5.74, 6) is -28.3. The standard InChI is InChI=1S/C18H19F11O/c1-10(2)11-7-5-6-8-12(11)13(3,30-4)9-14(19,20)15(21,22)16(23,24)17(25,26)18(27,28)29/h5-8,10H,9H2,1-4H3. The van der Waals surface area contributed by atoms with E-state index in [1.165, 1.54) is 24.3 Å².